The van der Waals surface area contributed by atoms with Gasteiger partial charge in [0.25, 0.3) is 0 Å². The van der Waals surface area contributed by atoms with Crippen LogP contribution in [0, 0.1) is 0 Å². The molecule has 0 bridgehead atoms. The van der Waals surface area contributed by atoms with Crippen molar-refractivity contribution in [1.82, 2.24) is 0 Å². The highest BCUT2D eigenvalue weighted by Gasteiger charge is 2.36. The van der Waals surface area contributed by atoms with Crippen LogP contribution in [-0.4, -0.2) is 29.0 Å². The monoisotopic (exact) mass is 378 g/mol. The molecule has 2 aromatic carbocycles. The van der Waals surface area contributed by atoms with Crippen molar-refractivity contribution < 1.29 is 19.4 Å². The first-order valence-electron chi connectivity index (χ1n) is 8.07. The second-order valence-corrected chi connectivity index (χ2v) is 7.97. The lowest BCUT2D eigenvalue weighted by Gasteiger charge is -2.35. The zero-order valence-electron chi connectivity index (χ0n) is 13.6. The summed E-state index contributed by atoms with van der Waals surface area (Å²) in [6, 6.07) is 14.9. The van der Waals surface area contributed by atoms with E-state index in [1.54, 1.807) is 23.9 Å². The lowest BCUT2D eigenvalue weighted by Crippen LogP contribution is -2.35. The average Bonchev–Trinajstić information content (AvgIpc) is 2.59. The molecule has 25 heavy (non-hydrogen) atoms. The summed E-state index contributed by atoms with van der Waals surface area (Å²) in [7, 11) is 0. The molecule has 1 heterocycles. The number of rotatable bonds is 6. The van der Waals surface area contributed by atoms with Crippen LogP contribution in [0.25, 0.3) is 0 Å². The Morgan fingerprint density at radius 3 is 2.20 bits per heavy atom. The van der Waals surface area contributed by atoms with Crippen LogP contribution in [0.15, 0.2) is 53.4 Å². The molecule has 6 heteroatoms. The Hall–Kier alpha value is -1.69. The van der Waals surface area contributed by atoms with Crippen molar-refractivity contribution >= 4 is 29.3 Å². The van der Waals surface area contributed by atoms with Gasteiger partial charge in [0.15, 0.2) is 0 Å². The summed E-state index contributed by atoms with van der Waals surface area (Å²) < 4.78 is 10.9. The minimum atomic E-state index is -0.767. The predicted octanol–water partition coefficient (Wildman–Crippen LogP) is 5.25. The van der Waals surface area contributed by atoms with Gasteiger partial charge in [-0.05, 0) is 61.4 Å². The first kappa shape index (κ1) is 18.1. The minimum absolute atomic E-state index is 0.143. The van der Waals surface area contributed by atoms with E-state index in [0.717, 1.165) is 29.2 Å². The van der Waals surface area contributed by atoms with Crippen LogP contribution in [0.3, 0.4) is 0 Å². The van der Waals surface area contributed by atoms with Crippen LogP contribution in [0.4, 0.5) is 0 Å². The van der Waals surface area contributed by atoms with Gasteiger partial charge < -0.3 is 14.6 Å². The molecule has 3 rings (SSSR count). The van der Waals surface area contributed by atoms with Gasteiger partial charge in [-0.2, -0.15) is 0 Å². The Morgan fingerprint density at radius 1 is 1.08 bits per heavy atom. The Kier molecular flexibility index (Phi) is 5.89. The third kappa shape index (κ3) is 5.14. The summed E-state index contributed by atoms with van der Waals surface area (Å²) in [6.07, 6.45) is 1.63. The van der Waals surface area contributed by atoms with Gasteiger partial charge in [-0.25, -0.2) is 0 Å². The van der Waals surface area contributed by atoms with Gasteiger partial charge in [-0.3, -0.25) is 4.79 Å². The van der Waals surface area contributed by atoms with E-state index in [2.05, 4.69) is 0 Å². The number of carboxylic acid groups (broad SMARTS) is 1. The number of carbonyl (C=O) groups is 1. The fourth-order valence-electron chi connectivity index (χ4n) is 2.80. The van der Waals surface area contributed by atoms with Crippen molar-refractivity contribution in [1.29, 1.82) is 0 Å². The number of thioether (sulfide) groups is 1. The molecule has 0 saturated carbocycles. The van der Waals surface area contributed by atoms with Crippen LogP contribution in [0.2, 0.25) is 5.02 Å². The quantitative estimate of drug-likeness (QED) is 0.744. The van der Waals surface area contributed by atoms with E-state index in [9.17, 15) is 9.90 Å². The lowest BCUT2D eigenvalue weighted by atomic mass is 9.95. The maximum atomic E-state index is 11.3. The summed E-state index contributed by atoms with van der Waals surface area (Å²) in [6.45, 7) is 1.22. The van der Waals surface area contributed by atoms with Crippen molar-refractivity contribution in [2.45, 2.75) is 28.9 Å². The molecule has 0 unspecified atom stereocenters. The van der Waals surface area contributed by atoms with E-state index in [4.69, 9.17) is 21.1 Å². The van der Waals surface area contributed by atoms with Gasteiger partial charge in [0, 0.05) is 27.9 Å². The van der Waals surface area contributed by atoms with Crippen LogP contribution in [0.5, 0.6) is 11.5 Å². The van der Waals surface area contributed by atoms with Gasteiger partial charge in [0.1, 0.15) is 11.5 Å². The highest BCUT2D eigenvalue weighted by atomic mass is 35.5. The molecule has 132 valence electrons. The zero-order valence-corrected chi connectivity index (χ0v) is 15.2. The Bertz CT molecular complexity index is 709. The number of benzene rings is 2. The number of halogens is 1. The number of carboxylic acids is 1. The fraction of sp³-hybridized carbons (Fsp3) is 0.316. The lowest BCUT2D eigenvalue weighted by molar-refractivity contribution is -0.138. The Balaban J connectivity index is 1.68. The molecule has 1 N–H and O–H groups in total. The van der Waals surface area contributed by atoms with E-state index in [-0.39, 0.29) is 11.2 Å². The third-order valence-electron chi connectivity index (χ3n) is 4.08. The molecule has 1 aliphatic rings. The molecule has 4 nitrogen and oxygen atoms in total. The Morgan fingerprint density at radius 2 is 1.64 bits per heavy atom. The summed E-state index contributed by atoms with van der Waals surface area (Å²) in [5, 5.41) is 9.92. The van der Waals surface area contributed by atoms with Gasteiger partial charge in [0.2, 0.25) is 0 Å². The molecule has 1 saturated heterocycles. The molecule has 0 amide bonds. The average molecular weight is 379 g/mol. The molecule has 1 aliphatic heterocycles. The molecular weight excluding hydrogens is 360 g/mol. The van der Waals surface area contributed by atoms with E-state index in [0.29, 0.717) is 18.2 Å². The van der Waals surface area contributed by atoms with Crippen molar-refractivity contribution in [3.63, 3.8) is 0 Å². The van der Waals surface area contributed by atoms with Crippen molar-refractivity contribution in [3.05, 3.63) is 53.6 Å². The van der Waals surface area contributed by atoms with E-state index in [1.165, 1.54) is 0 Å². The number of hydrogen-bond donors (Lipinski definition) is 1. The molecule has 0 spiro atoms. The number of aliphatic carboxylic acids is 1. The molecular formula is C19H19ClO4S. The Labute approximate surface area is 156 Å². The first-order valence-corrected chi connectivity index (χ1v) is 9.26. The molecule has 0 radical (unpaired) electrons. The highest BCUT2D eigenvalue weighted by Crippen LogP contribution is 2.43. The summed E-state index contributed by atoms with van der Waals surface area (Å²) in [5.74, 6) is 0.680. The molecule has 0 atom stereocenters. The van der Waals surface area contributed by atoms with Gasteiger partial charge >= 0.3 is 5.97 Å². The van der Waals surface area contributed by atoms with Gasteiger partial charge in [-0.15, -0.1) is 11.8 Å². The highest BCUT2D eigenvalue weighted by molar-refractivity contribution is 8.00. The predicted molar refractivity (Wildman–Crippen MR) is 98.9 cm³/mol. The zero-order chi connectivity index (χ0) is 17.7. The second-order valence-electron chi connectivity index (χ2n) is 6.00. The van der Waals surface area contributed by atoms with E-state index in [1.807, 2.05) is 36.4 Å². The third-order valence-corrected chi connectivity index (χ3v) is 5.83. The number of hydrogen-bond acceptors (Lipinski definition) is 4. The van der Waals surface area contributed by atoms with Gasteiger partial charge in [-0.1, -0.05) is 11.6 Å². The van der Waals surface area contributed by atoms with E-state index < -0.39 is 5.97 Å². The first-order chi connectivity index (χ1) is 12.0. The summed E-state index contributed by atoms with van der Waals surface area (Å²) in [5.41, 5.74) is 0. The number of ether oxygens (including phenoxy) is 2. The van der Waals surface area contributed by atoms with Crippen molar-refractivity contribution in [3.8, 4) is 11.5 Å². The van der Waals surface area contributed by atoms with Crippen LogP contribution >= 0.6 is 23.4 Å². The topological polar surface area (TPSA) is 55.8 Å². The minimum Gasteiger partial charge on any atom is -0.481 e. The summed E-state index contributed by atoms with van der Waals surface area (Å²) in [4.78, 5) is 12.3. The molecule has 0 aromatic heterocycles. The SMILES string of the molecule is O=C(O)CC1(Sc2ccc(Oc3ccc(Cl)cc3)cc2)CCOCC1. The maximum Gasteiger partial charge on any atom is 0.304 e. The molecule has 1 fully saturated rings. The second kappa shape index (κ2) is 8.13. The molecule has 0 aliphatic carbocycles. The van der Waals surface area contributed by atoms with Crippen LogP contribution in [-0.2, 0) is 9.53 Å². The van der Waals surface area contributed by atoms with Crippen LogP contribution in [0.1, 0.15) is 19.3 Å². The smallest absolute Gasteiger partial charge is 0.304 e. The van der Waals surface area contributed by atoms with Crippen LogP contribution < -0.4 is 4.74 Å². The van der Waals surface area contributed by atoms with Gasteiger partial charge in [0.05, 0.1) is 6.42 Å². The summed E-state index contributed by atoms with van der Waals surface area (Å²) >= 11 is 7.49. The van der Waals surface area contributed by atoms with Crippen molar-refractivity contribution in [2.75, 3.05) is 13.2 Å². The standard InChI is InChI=1S/C19H19ClO4S/c20-14-1-3-15(4-2-14)24-16-5-7-17(8-6-16)25-19(13-18(21)22)9-11-23-12-10-19/h1-8H,9-13H2,(H,21,22). The largest absolute Gasteiger partial charge is 0.481 e. The van der Waals surface area contributed by atoms with Crippen molar-refractivity contribution in [2.24, 2.45) is 0 Å². The maximum absolute atomic E-state index is 11.3. The fourth-order valence-corrected chi connectivity index (χ4v) is 4.26. The normalized spacial score (nSPS) is 16.4. The van der Waals surface area contributed by atoms with E-state index >= 15 is 0 Å². The molecule has 2 aromatic rings.